The standard InChI is InChI=1S/C26H33FN4O/c1-17-24-13-20-3-2-18(15-27)12-21(20)16-31(24)25(32)26(17)8-4-22(14-26)30-10-6-19(7-11-30)23-5-9-28-29-23/h2-3,5,9,12,17,19,22-24H,4,6-8,10-11,13-16H2,1H3/t17?,22?,23?,24?,26-/m0/s1. The summed E-state index contributed by atoms with van der Waals surface area (Å²) in [7, 11) is 0. The van der Waals surface area contributed by atoms with Gasteiger partial charge >= 0.3 is 0 Å². The fourth-order valence-corrected chi connectivity index (χ4v) is 7.39. The van der Waals surface area contributed by atoms with Crippen LogP contribution in [0.1, 0.15) is 55.7 Å². The van der Waals surface area contributed by atoms with Crippen LogP contribution in [0.25, 0.3) is 0 Å². The third-order valence-corrected chi connectivity index (χ3v) is 9.38. The highest BCUT2D eigenvalue weighted by Crippen LogP contribution is 2.55. The highest BCUT2D eigenvalue weighted by atomic mass is 19.1. The molecule has 0 bridgehead atoms. The smallest absolute Gasteiger partial charge is 0.229 e. The Morgan fingerprint density at radius 3 is 2.78 bits per heavy atom. The van der Waals surface area contributed by atoms with Gasteiger partial charge in [-0.25, -0.2) is 4.39 Å². The van der Waals surface area contributed by atoms with Gasteiger partial charge in [0.05, 0.1) is 11.5 Å². The van der Waals surface area contributed by atoms with Crippen LogP contribution >= 0.6 is 0 Å². The van der Waals surface area contributed by atoms with Gasteiger partial charge in [-0.1, -0.05) is 25.1 Å². The number of piperidine rings is 1. The predicted octanol–water partition coefficient (Wildman–Crippen LogP) is 4.66. The number of benzene rings is 1. The Labute approximate surface area is 189 Å². The number of hydrogen-bond acceptors (Lipinski definition) is 4. The van der Waals surface area contributed by atoms with E-state index in [1.54, 1.807) is 0 Å². The van der Waals surface area contributed by atoms with Gasteiger partial charge in [-0.3, -0.25) is 4.79 Å². The number of likely N-dealkylation sites (tertiary alicyclic amines) is 1. The van der Waals surface area contributed by atoms with Crippen molar-refractivity contribution in [3.05, 3.63) is 47.2 Å². The second-order valence-corrected chi connectivity index (χ2v) is 10.7. The highest BCUT2D eigenvalue weighted by Gasteiger charge is 2.60. The van der Waals surface area contributed by atoms with Crippen LogP contribution in [0.2, 0.25) is 0 Å². The summed E-state index contributed by atoms with van der Waals surface area (Å²) in [6, 6.07) is 7.04. The minimum Gasteiger partial charge on any atom is -0.334 e. The second kappa shape index (κ2) is 7.75. The fourth-order valence-electron chi connectivity index (χ4n) is 7.39. The molecule has 0 N–H and O–H groups in total. The van der Waals surface area contributed by atoms with Crippen molar-refractivity contribution < 1.29 is 9.18 Å². The van der Waals surface area contributed by atoms with E-state index in [0.29, 0.717) is 30.3 Å². The Balaban J connectivity index is 1.15. The van der Waals surface area contributed by atoms with E-state index in [1.165, 1.54) is 18.4 Å². The Morgan fingerprint density at radius 1 is 1.19 bits per heavy atom. The molecule has 5 aliphatic rings. The Hall–Kier alpha value is -2.08. The van der Waals surface area contributed by atoms with Gasteiger partial charge < -0.3 is 9.80 Å². The van der Waals surface area contributed by atoms with Gasteiger partial charge in [0, 0.05) is 24.8 Å². The lowest BCUT2D eigenvalue weighted by atomic mass is 9.73. The van der Waals surface area contributed by atoms with Crippen LogP contribution in [0.5, 0.6) is 0 Å². The van der Waals surface area contributed by atoms with Gasteiger partial charge in [0.1, 0.15) is 6.67 Å². The molecular formula is C26H33FN4O. The molecule has 0 radical (unpaired) electrons. The highest BCUT2D eigenvalue weighted by molar-refractivity contribution is 5.87. The number of hydrogen-bond donors (Lipinski definition) is 0. The summed E-state index contributed by atoms with van der Waals surface area (Å²) in [6.45, 7) is 4.74. The first kappa shape index (κ1) is 20.5. The number of nitrogens with zero attached hydrogens (tertiary/aromatic N) is 4. The average molecular weight is 437 g/mol. The van der Waals surface area contributed by atoms with Crippen LogP contribution in [0.4, 0.5) is 4.39 Å². The normalized spacial score (nSPS) is 36.9. The lowest BCUT2D eigenvalue weighted by Gasteiger charge is -2.37. The SMILES string of the molecule is CC1C2Cc3ccc(CF)cc3CN2C(=O)[C@]12CCC(N1CCC(C3C=CN=N3)CC1)C2. The Morgan fingerprint density at radius 2 is 2.03 bits per heavy atom. The lowest BCUT2D eigenvalue weighted by Crippen LogP contribution is -2.43. The molecule has 1 spiro atoms. The molecular weight excluding hydrogens is 403 g/mol. The minimum absolute atomic E-state index is 0.209. The summed E-state index contributed by atoms with van der Waals surface area (Å²) >= 11 is 0. The van der Waals surface area contributed by atoms with E-state index in [1.807, 2.05) is 18.3 Å². The van der Waals surface area contributed by atoms with Crippen molar-refractivity contribution in [1.29, 1.82) is 0 Å². The van der Waals surface area contributed by atoms with Crippen LogP contribution in [0.3, 0.4) is 0 Å². The van der Waals surface area contributed by atoms with Crippen LogP contribution in [0.15, 0.2) is 40.7 Å². The maximum atomic E-state index is 13.8. The van der Waals surface area contributed by atoms with Crippen molar-refractivity contribution in [2.45, 2.75) is 76.8 Å². The molecule has 1 aromatic carbocycles. The molecule has 4 unspecified atom stereocenters. The van der Waals surface area contributed by atoms with Crippen LogP contribution < -0.4 is 0 Å². The zero-order chi connectivity index (χ0) is 21.9. The molecule has 6 heteroatoms. The molecule has 1 aromatic rings. The van der Waals surface area contributed by atoms with Crippen molar-refractivity contribution in [3.8, 4) is 0 Å². The van der Waals surface area contributed by atoms with Gasteiger partial charge in [0.15, 0.2) is 0 Å². The van der Waals surface area contributed by atoms with Crippen molar-refractivity contribution >= 4 is 5.91 Å². The van der Waals surface area contributed by atoms with Gasteiger partial charge in [-0.05, 0) is 86.2 Å². The number of amides is 1. The zero-order valence-electron chi connectivity index (χ0n) is 18.9. The van der Waals surface area contributed by atoms with Gasteiger partial charge in [-0.15, -0.1) is 0 Å². The molecule has 6 rings (SSSR count). The number of halogens is 1. The Kier molecular flexibility index (Phi) is 4.97. The van der Waals surface area contributed by atoms with Crippen LogP contribution in [-0.2, 0) is 24.4 Å². The van der Waals surface area contributed by atoms with Crippen molar-refractivity contribution in [2.24, 2.45) is 27.5 Å². The third-order valence-electron chi connectivity index (χ3n) is 9.38. The van der Waals surface area contributed by atoms with Crippen molar-refractivity contribution in [3.63, 3.8) is 0 Å². The van der Waals surface area contributed by atoms with Crippen LogP contribution in [0, 0.1) is 17.3 Å². The zero-order valence-corrected chi connectivity index (χ0v) is 18.9. The molecule has 3 fully saturated rings. The fraction of sp³-hybridized carbons (Fsp3) is 0.654. The van der Waals surface area contributed by atoms with Crippen molar-refractivity contribution in [1.82, 2.24) is 9.80 Å². The average Bonchev–Trinajstić information content (AvgIpc) is 3.56. The van der Waals surface area contributed by atoms with E-state index in [4.69, 9.17) is 0 Å². The molecule has 1 amide bonds. The third kappa shape index (κ3) is 3.09. The van der Waals surface area contributed by atoms with E-state index >= 15 is 0 Å². The molecule has 170 valence electrons. The molecule has 5 nitrogen and oxygen atoms in total. The van der Waals surface area contributed by atoms with E-state index in [-0.39, 0.29) is 17.5 Å². The molecule has 4 aliphatic heterocycles. The minimum atomic E-state index is -0.441. The maximum Gasteiger partial charge on any atom is 0.229 e. The molecule has 4 heterocycles. The number of rotatable bonds is 3. The Bertz CT molecular complexity index is 957. The van der Waals surface area contributed by atoms with E-state index in [0.717, 1.165) is 49.9 Å². The van der Waals surface area contributed by atoms with E-state index in [2.05, 4.69) is 39.1 Å². The number of fused-ring (bicyclic) bond motifs is 2. The molecule has 1 saturated carbocycles. The van der Waals surface area contributed by atoms with Gasteiger partial charge in [0.2, 0.25) is 5.91 Å². The molecule has 2 saturated heterocycles. The summed E-state index contributed by atoms with van der Waals surface area (Å²) in [5, 5.41) is 8.38. The monoisotopic (exact) mass is 436 g/mol. The van der Waals surface area contributed by atoms with Crippen LogP contribution in [-0.4, -0.2) is 46.9 Å². The molecule has 1 aliphatic carbocycles. The first-order chi connectivity index (χ1) is 15.6. The quantitative estimate of drug-likeness (QED) is 0.692. The number of carbonyl (C=O) groups is 1. The van der Waals surface area contributed by atoms with Gasteiger partial charge in [-0.2, -0.15) is 10.2 Å². The molecule has 5 atom stereocenters. The summed E-state index contributed by atoms with van der Waals surface area (Å²) in [4.78, 5) is 18.6. The van der Waals surface area contributed by atoms with Gasteiger partial charge in [0.25, 0.3) is 0 Å². The largest absolute Gasteiger partial charge is 0.334 e. The summed E-state index contributed by atoms with van der Waals surface area (Å²) in [5.74, 6) is 1.34. The molecule has 32 heavy (non-hydrogen) atoms. The first-order valence-electron chi connectivity index (χ1n) is 12.4. The number of azo groups is 1. The second-order valence-electron chi connectivity index (χ2n) is 10.7. The lowest BCUT2D eigenvalue weighted by molar-refractivity contribution is -0.138. The summed E-state index contributed by atoms with van der Waals surface area (Å²) in [5.41, 5.74) is 2.95. The molecule has 0 aromatic heterocycles. The topological polar surface area (TPSA) is 48.3 Å². The maximum absolute atomic E-state index is 13.8. The van der Waals surface area contributed by atoms with Crippen molar-refractivity contribution in [2.75, 3.05) is 13.1 Å². The number of carbonyl (C=O) groups excluding carboxylic acids is 1. The first-order valence-corrected chi connectivity index (χ1v) is 12.4. The number of alkyl halides is 1. The summed E-state index contributed by atoms with van der Waals surface area (Å²) < 4.78 is 13.2. The van der Waals surface area contributed by atoms with E-state index in [9.17, 15) is 9.18 Å². The predicted molar refractivity (Wildman–Crippen MR) is 121 cm³/mol. The van der Waals surface area contributed by atoms with E-state index < -0.39 is 6.67 Å². The summed E-state index contributed by atoms with van der Waals surface area (Å²) in [6.07, 6.45) is 10.4.